The highest BCUT2D eigenvalue weighted by Gasteiger charge is 2.17. The van der Waals surface area contributed by atoms with E-state index in [1.165, 1.54) is 7.05 Å². The van der Waals surface area contributed by atoms with Crippen LogP contribution in [0, 0.1) is 4.77 Å². The maximum absolute atomic E-state index is 12.2. The molecule has 0 atom stereocenters. The van der Waals surface area contributed by atoms with Crippen molar-refractivity contribution in [1.29, 1.82) is 0 Å². The van der Waals surface area contributed by atoms with Crippen molar-refractivity contribution in [3.05, 3.63) is 15.1 Å². The molecule has 22 heavy (non-hydrogen) atoms. The molecule has 0 spiro atoms. The SMILES string of the molecule is C/N=N/c1c(O)n(CCC(=O)O)c(=S)n(CCC(=O)O)c1=O. The van der Waals surface area contributed by atoms with E-state index >= 15 is 0 Å². The molecule has 0 radical (unpaired) electrons. The Morgan fingerprint density at radius 2 is 1.64 bits per heavy atom. The van der Waals surface area contributed by atoms with Crippen molar-refractivity contribution in [1.82, 2.24) is 9.13 Å². The predicted octanol–water partition coefficient (Wildman–Crippen LogP) is 0.748. The molecule has 0 saturated heterocycles. The highest BCUT2D eigenvalue weighted by Crippen LogP contribution is 2.23. The van der Waals surface area contributed by atoms with Crippen LogP contribution < -0.4 is 5.56 Å². The molecule has 11 heteroatoms. The molecule has 3 N–H and O–H groups in total. The fourth-order valence-electron chi connectivity index (χ4n) is 1.68. The Morgan fingerprint density at radius 1 is 1.14 bits per heavy atom. The van der Waals surface area contributed by atoms with E-state index in [0.717, 1.165) is 9.13 Å². The number of azo groups is 1. The number of aromatic hydroxyl groups is 1. The van der Waals surface area contributed by atoms with E-state index in [2.05, 4.69) is 10.2 Å². The molecule has 0 aliphatic heterocycles. The van der Waals surface area contributed by atoms with Gasteiger partial charge in [0.15, 0.2) is 4.77 Å². The van der Waals surface area contributed by atoms with Crippen LogP contribution in [0.5, 0.6) is 5.88 Å². The lowest BCUT2D eigenvalue weighted by Crippen LogP contribution is -2.26. The molecule has 0 aromatic carbocycles. The predicted molar refractivity (Wildman–Crippen MR) is 76.1 cm³/mol. The van der Waals surface area contributed by atoms with Gasteiger partial charge in [0.05, 0.1) is 12.8 Å². The van der Waals surface area contributed by atoms with Gasteiger partial charge in [-0.25, -0.2) is 0 Å². The van der Waals surface area contributed by atoms with Crippen LogP contribution in [-0.2, 0) is 22.7 Å². The van der Waals surface area contributed by atoms with E-state index < -0.39 is 29.1 Å². The topological polar surface area (TPSA) is 146 Å². The van der Waals surface area contributed by atoms with Crippen LogP contribution in [0.25, 0.3) is 0 Å². The van der Waals surface area contributed by atoms with Crippen LogP contribution >= 0.6 is 12.2 Å². The summed E-state index contributed by atoms with van der Waals surface area (Å²) in [5, 5.41) is 34.3. The molecule has 0 aliphatic rings. The van der Waals surface area contributed by atoms with Gasteiger partial charge in [-0.05, 0) is 12.2 Å². The summed E-state index contributed by atoms with van der Waals surface area (Å²) in [6.07, 6.45) is -0.711. The molecule has 1 aromatic heterocycles. The summed E-state index contributed by atoms with van der Waals surface area (Å²) in [5.41, 5.74) is -1.21. The second kappa shape index (κ2) is 7.45. The average Bonchev–Trinajstić information content (AvgIpc) is 2.42. The number of nitrogens with zero attached hydrogens (tertiary/aromatic N) is 4. The summed E-state index contributed by atoms with van der Waals surface area (Å²) in [7, 11) is 1.28. The minimum absolute atomic E-state index is 0.181. The maximum atomic E-state index is 12.2. The number of aliphatic carboxylic acids is 2. The number of carboxylic acids is 2. The van der Waals surface area contributed by atoms with E-state index in [-0.39, 0.29) is 30.7 Å². The van der Waals surface area contributed by atoms with Gasteiger partial charge in [-0.2, -0.15) is 5.11 Å². The first-order chi connectivity index (χ1) is 10.3. The number of hydrogen-bond acceptors (Lipinski definition) is 7. The molecule has 0 bridgehead atoms. The van der Waals surface area contributed by atoms with Crippen LogP contribution in [0.1, 0.15) is 12.8 Å². The van der Waals surface area contributed by atoms with E-state index in [1.807, 2.05) is 0 Å². The van der Waals surface area contributed by atoms with Crippen molar-refractivity contribution in [3.63, 3.8) is 0 Å². The first-order valence-electron chi connectivity index (χ1n) is 6.09. The number of aromatic nitrogens is 2. The molecule has 0 saturated carbocycles. The standard InChI is InChI=1S/C11H14N4O6S/c1-12-13-8-9(20)14(4-2-6(16)17)11(22)15(10(8)21)5-3-7(18)19/h20H,2-5H2,1H3,(H,16,17)(H,18,19)/b13-12+. The van der Waals surface area contributed by atoms with Gasteiger partial charge in [0.25, 0.3) is 5.56 Å². The molecule has 0 aliphatic carbocycles. The molecule has 1 rings (SSSR count). The Hall–Kier alpha value is -2.56. The summed E-state index contributed by atoms with van der Waals surface area (Å²) in [6, 6.07) is 0. The van der Waals surface area contributed by atoms with Gasteiger partial charge >= 0.3 is 11.9 Å². The molecular weight excluding hydrogens is 316 g/mol. The van der Waals surface area contributed by atoms with Gasteiger partial charge in [0.2, 0.25) is 11.6 Å². The van der Waals surface area contributed by atoms with Crippen LogP contribution in [0.3, 0.4) is 0 Å². The van der Waals surface area contributed by atoms with Crippen LogP contribution in [0.4, 0.5) is 5.69 Å². The van der Waals surface area contributed by atoms with Crippen molar-refractivity contribution >= 4 is 29.8 Å². The first kappa shape index (κ1) is 17.5. The molecule has 0 fully saturated rings. The van der Waals surface area contributed by atoms with Crippen molar-refractivity contribution in [3.8, 4) is 5.88 Å². The van der Waals surface area contributed by atoms with Crippen molar-refractivity contribution < 1.29 is 24.9 Å². The zero-order valence-electron chi connectivity index (χ0n) is 11.6. The Labute approximate surface area is 129 Å². The third kappa shape index (κ3) is 3.97. The fourth-order valence-corrected chi connectivity index (χ4v) is 2.03. The third-order valence-corrected chi connectivity index (χ3v) is 3.12. The summed E-state index contributed by atoms with van der Waals surface area (Å²) in [5.74, 6) is -2.86. The largest absolute Gasteiger partial charge is 0.493 e. The lowest BCUT2D eigenvalue weighted by atomic mass is 10.3. The van der Waals surface area contributed by atoms with E-state index in [9.17, 15) is 19.5 Å². The third-order valence-electron chi connectivity index (χ3n) is 2.68. The molecule has 1 aromatic rings. The molecule has 10 nitrogen and oxygen atoms in total. The van der Waals surface area contributed by atoms with Crippen molar-refractivity contribution in [2.75, 3.05) is 7.05 Å². The summed E-state index contributed by atoms with van der Waals surface area (Å²) < 4.78 is 1.77. The highest BCUT2D eigenvalue weighted by molar-refractivity contribution is 7.71. The van der Waals surface area contributed by atoms with Crippen LogP contribution in [-0.4, -0.2) is 43.4 Å². The zero-order valence-corrected chi connectivity index (χ0v) is 12.4. The Kier molecular flexibility index (Phi) is 5.92. The maximum Gasteiger partial charge on any atom is 0.305 e. The number of carboxylic acid groups (broad SMARTS) is 2. The lowest BCUT2D eigenvalue weighted by Gasteiger charge is -2.14. The van der Waals surface area contributed by atoms with Crippen LogP contribution in [0.2, 0.25) is 0 Å². The molecule has 120 valence electrons. The number of hydrogen-bond donors (Lipinski definition) is 3. The molecule has 0 unspecified atom stereocenters. The van der Waals surface area contributed by atoms with Gasteiger partial charge in [-0.1, -0.05) is 0 Å². The second-order valence-electron chi connectivity index (χ2n) is 4.15. The Morgan fingerprint density at radius 3 is 2.09 bits per heavy atom. The average molecular weight is 330 g/mol. The second-order valence-corrected chi connectivity index (χ2v) is 4.52. The minimum Gasteiger partial charge on any atom is -0.493 e. The normalized spacial score (nSPS) is 11.0. The first-order valence-corrected chi connectivity index (χ1v) is 6.50. The summed E-state index contributed by atoms with van der Waals surface area (Å²) in [6.45, 7) is -0.424. The Bertz CT molecular complexity index is 735. The minimum atomic E-state index is -1.13. The van der Waals surface area contributed by atoms with Gasteiger partial charge in [-0.3, -0.25) is 23.5 Å². The van der Waals surface area contributed by atoms with Crippen molar-refractivity contribution in [2.45, 2.75) is 25.9 Å². The van der Waals surface area contributed by atoms with Crippen LogP contribution in [0.15, 0.2) is 15.0 Å². The summed E-state index contributed by atoms with van der Waals surface area (Å²) >= 11 is 5.02. The lowest BCUT2D eigenvalue weighted by molar-refractivity contribution is -0.138. The molecule has 1 heterocycles. The molecule has 0 amide bonds. The monoisotopic (exact) mass is 330 g/mol. The van der Waals surface area contributed by atoms with E-state index in [1.54, 1.807) is 0 Å². The quantitative estimate of drug-likeness (QED) is 0.493. The smallest absolute Gasteiger partial charge is 0.305 e. The van der Waals surface area contributed by atoms with Gasteiger partial charge in [0, 0.05) is 20.1 Å². The van der Waals surface area contributed by atoms with E-state index in [0.29, 0.717) is 0 Å². The number of rotatable bonds is 7. The van der Waals surface area contributed by atoms with Gasteiger partial charge < -0.3 is 15.3 Å². The Balaban J connectivity index is 3.48. The zero-order chi connectivity index (χ0) is 16.9. The number of carbonyl (C=O) groups is 2. The van der Waals surface area contributed by atoms with Crippen molar-refractivity contribution in [2.24, 2.45) is 10.2 Å². The summed E-state index contributed by atoms with van der Waals surface area (Å²) in [4.78, 5) is 33.5. The molecular formula is C11H14N4O6S. The highest BCUT2D eigenvalue weighted by atomic mass is 32.1. The van der Waals surface area contributed by atoms with Gasteiger partial charge in [0.1, 0.15) is 0 Å². The van der Waals surface area contributed by atoms with E-state index in [4.69, 9.17) is 22.4 Å². The fraction of sp³-hybridized carbons (Fsp3) is 0.455. The van der Waals surface area contributed by atoms with Gasteiger partial charge in [-0.15, -0.1) is 5.11 Å².